The number of anilines is 1. The van der Waals surface area contributed by atoms with Gasteiger partial charge in [0.2, 0.25) is 5.13 Å². The van der Waals surface area contributed by atoms with E-state index in [2.05, 4.69) is 14.7 Å². The number of rotatable bonds is 8. The summed E-state index contributed by atoms with van der Waals surface area (Å²) < 4.78 is 10.6. The SMILES string of the molecule is Cc1nc(/C(N)=C(\CNc2nc(-c3ccccc3)ns2)N(C)N)ccc1OC1CCCCC1. The minimum Gasteiger partial charge on any atom is -0.489 e. The van der Waals surface area contributed by atoms with Crippen LogP contribution in [0.2, 0.25) is 0 Å². The fourth-order valence-electron chi connectivity index (χ4n) is 3.90. The Morgan fingerprint density at radius 1 is 1.12 bits per heavy atom. The molecule has 33 heavy (non-hydrogen) atoms. The Morgan fingerprint density at radius 2 is 1.88 bits per heavy atom. The molecule has 0 atom stereocenters. The summed E-state index contributed by atoms with van der Waals surface area (Å²) in [5.74, 6) is 7.61. The Hall–Kier alpha value is -3.17. The molecule has 1 aromatic carbocycles. The first kappa shape index (κ1) is 23.0. The summed E-state index contributed by atoms with van der Waals surface area (Å²) >= 11 is 1.30. The number of nitrogens with zero attached hydrogens (tertiary/aromatic N) is 4. The van der Waals surface area contributed by atoms with Crippen molar-refractivity contribution in [1.82, 2.24) is 19.4 Å². The van der Waals surface area contributed by atoms with E-state index in [1.807, 2.05) is 49.4 Å². The van der Waals surface area contributed by atoms with Crippen LogP contribution in [0.1, 0.15) is 43.5 Å². The Kier molecular flexibility index (Phi) is 7.41. The fourth-order valence-corrected chi connectivity index (χ4v) is 4.49. The molecule has 0 aliphatic heterocycles. The topological polar surface area (TPSA) is 115 Å². The average Bonchev–Trinajstić information content (AvgIpc) is 3.30. The molecule has 3 aromatic rings. The van der Waals surface area contributed by atoms with Gasteiger partial charge in [0, 0.05) is 24.1 Å². The van der Waals surface area contributed by atoms with E-state index in [1.165, 1.54) is 35.8 Å². The van der Waals surface area contributed by atoms with Crippen molar-refractivity contribution >= 4 is 22.4 Å². The first-order chi connectivity index (χ1) is 16.0. The number of hydrogen-bond acceptors (Lipinski definition) is 9. The standard InChI is InChI=1S/C24H31N7OS/c1-16-21(32-18-11-7-4-8-12-18)14-13-19(28-16)22(25)20(31(2)26)15-27-24-29-23(30-33-24)17-9-5-3-6-10-17/h3,5-6,9-10,13-14,18H,4,7-8,11-12,15,25-26H2,1-2H3,(H,27,29,30)/b22-20-. The van der Waals surface area contributed by atoms with Gasteiger partial charge in [-0.15, -0.1) is 0 Å². The maximum atomic E-state index is 6.49. The van der Waals surface area contributed by atoms with Crippen molar-refractivity contribution in [2.45, 2.75) is 45.1 Å². The summed E-state index contributed by atoms with van der Waals surface area (Å²) in [5.41, 5.74) is 10.2. The molecule has 0 spiro atoms. The lowest BCUT2D eigenvalue weighted by Gasteiger charge is -2.24. The van der Waals surface area contributed by atoms with Crippen LogP contribution in [0.15, 0.2) is 48.2 Å². The largest absolute Gasteiger partial charge is 0.489 e. The quantitative estimate of drug-likeness (QED) is 0.335. The van der Waals surface area contributed by atoms with E-state index in [0.717, 1.165) is 29.8 Å². The van der Waals surface area contributed by atoms with Crippen LogP contribution in [0.25, 0.3) is 17.1 Å². The lowest BCUT2D eigenvalue weighted by molar-refractivity contribution is 0.153. The zero-order valence-corrected chi connectivity index (χ0v) is 19.9. The first-order valence-corrected chi connectivity index (χ1v) is 12.0. The summed E-state index contributed by atoms with van der Waals surface area (Å²) in [6.45, 7) is 2.34. The number of likely N-dealkylation sites (N-methyl/N-ethyl adjacent to an activating group) is 1. The summed E-state index contributed by atoms with van der Waals surface area (Å²) in [4.78, 5) is 9.26. The Labute approximate surface area is 198 Å². The van der Waals surface area contributed by atoms with Gasteiger partial charge in [-0.25, -0.2) is 10.8 Å². The molecule has 8 nitrogen and oxygen atoms in total. The fraction of sp³-hybridized carbons (Fsp3) is 0.375. The van der Waals surface area contributed by atoms with Gasteiger partial charge in [-0.05, 0) is 44.7 Å². The van der Waals surface area contributed by atoms with Crippen LogP contribution < -0.4 is 21.6 Å². The van der Waals surface area contributed by atoms with Crippen LogP contribution in [0, 0.1) is 6.92 Å². The van der Waals surface area contributed by atoms with Gasteiger partial charge in [-0.2, -0.15) is 9.36 Å². The summed E-state index contributed by atoms with van der Waals surface area (Å²) in [7, 11) is 1.76. The lowest BCUT2D eigenvalue weighted by Crippen LogP contribution is -2.32. The molecule has 9 heteroatoms. The third-order valence-corrected chi connectivity index (χ3v) is 6.43. The third-order valence-electron chi connectivity index (χ3n) is 5.76. The smallest absolute Gasteiger partial charge is 0.203 e. The minimum atomic E-state index is 0.278. The summed E-state index contributed by atoms with van der Waals surface area (Å²) in [6, 6.07) is 13.7. The van der Waals surface area contributed by atoms with Crippen LogP contribution in [-0.2, 0) is 0 Å². The van der Waals surface area contributed by atoms with Gasteiger partial charge in [0.15, 0.2) is 5.82 Å². The molecule has 1 fully saturated rings. The number of pyridine rings is 1. The van der Waals surface area contributed by atoms with Crippen molar-refractivity contribution in [3.63, 3.8) is 0 Å². The number of benzene rings is 1. The van der Waals surface area contributed by atoms with E-state index in [4.69, 9.17) is 21.3 Å². The van der Waals surface area contributed by atoms with Gasteiger partial charge < -0.3 is 20.8 Å². The first-order valence-electron chi connectivity index (χ1n) is 11.3. The van der Waals surface area contributed by atoms with E-state index in [-0.39, 0.29) is 6.10 Å². The van der Waals surface area contributed by atoms with Crippen molar-refractivity contribution < 1.29 is 4.74 Å². The maximum absolute atomic E-state index is 6.49. The summed E-state index contributed by atoms with van der Waals surface area (Å²) in [6.07, 6.45) is 6.24. The molecule has 0 radical (unpaired) electrons. The predicted octanol–water partition coefficient (Wildman–Crippen LogP) is 4.16. The van der Waals surface area contributed by atoms with E-state index < -0.39 is 0 Å². The zero-order chi connectivity index (χ0) is 23.2. The van der Waals surface area contributed by atoms with E-state index in [1.54, 1.807) is 7.05 Å². The number of hydrogen-bond donors (Lipinski definition) is 3. The van der Waals surface area contributed by atoms with Crippen LogP contribution >= 0.6 is 11.5 Å². The van der Waals surface area contributed by atoms with E-state index >= 15 is 0 Å². The zero-order valence-electron chi connectivity index (χ0n) is 19.1. The van der Waals surface area contributed by atoms with Crippen LogP contribution in [-0.4, -0.2) is 39.0 Å². The highest BCUT2D eigenvalue weighted by molar-refractivity contribution is 7.09. The molecule has 1 aliphatic carbocycles. The Balaban J connectivity index is 1.47. The molecule has 0 saturated heterocycles. The predicted molar refractivity (Wildman–Crippen MR) is 133 cm³/mol. The van der Waals surface area contributed by atoms with Crippen molar-refractivity contribution in [2.24, 2.45) is 11.6 Å². The average molecular weight is 466 g/mol. The van der Waals surface area contributed by atoms with Crippen LogP contribution in [0.4, 0.5) is 5.13 Å². The molecule has 0 amide bonds. The highest BCUT2D eigenvalue weighted by Gasteiger charge is 2.18. The van der Waals surface area contributed by atoms with E-state index in [0.29, 0.717) is 34.6 Å². The van der Waals surface area contributed by atoms with Crippen molar-refractivity contribution in [1.29, 1.82) is 0 Å². The Bertz CT molecular complexity index is 1090. The molecule has 0 bridgehead atoms. The molecular formula is C24H31N7OS. The van der Waals surface area contributed by atoms with Crippen molar-refractivity contribution in [2.75, 3.05) is 18.9 Å². The molecule has 2 heterocycles. The molecule has 4 rings (SSSR count). The third kappa shape index (κ3) is 5.80. The lowest BCUT2D eigenvalue weighted by atomic mass is 9.98. The van der Waals surface area contributed by atoms with Gasteiger partial charge in [-0.3, -0.25) is 0 Å². The molecule has 1 saturated carbocycles. The van der Waals surface area contributed by atoms with Crippen molar-refractivity contribution in [3.8, 4) is 17.1 Å². The minimum absolute atomic E-state index is 0.278. The van der Waals surface area contributed by atoms with Gasteiger partial charge in [-0.1, -0.05) is 36.8 Å². The number of aromatic nitrogens is 3. The second-order valence-electron chi connectivity index (χ2n) is 8.27. The number of ether oxygens (including phenoxy) is 1. The summed E-state index contributed by atoms with van der Waals surface area (Å²) in [5, 5.41) is 5.48. The number of aryl methyl sites for hydroxylation is 1. The molecule has 1 aliphatic rings. The van der Waals surface area contributed by atoms with Crippen LogP contribution in [0.5, 0.6) is 5.75 Å². The molecule has 0 unspecified atom stereocenters. The van der Waals surface area contributed by atoms with Gasteiger partial charge in [0.05, 0.1) is 35.4 Å². The highest BCUT2D eigenvalue weighted by atomic mass is 32.1. The normalized spacial score (nSPS) is 15.1. The van der Waals surface area contributed by atoms with E-state index in [9.17, 15) is 0 Å². The number of nitrogens with two attached hydrogens (primary N) is 2. The van der Waals surface area contributed by atoms with Crippen molar-refractivity contribution in [3.05, 3.63) is 59.5 Å². The van der Waals surface area contributed by atoms with Gasteiger partial charge in [0.1, 0.15) is 5.75 Å². The van der Waals surface area contributed by atoms with Gasteiger partial charge in [0.25, 0.3) is 0 Å². The van der Waals surface area contributed by atoms with Crippen LogP contribution in [0.3, 0.4) is 0 Å². The second-order valence-corrected chi connectivity index (χ2v) is 9.02. The molecule has 5 N–H and O–H groups in total. The molecule has 174 valence electrons. The number of nitrogens with one attached hydrogen (secondary N) is 1. The maximum Gasteiger partial charge on any atom is 0.203 e. The highest BCUT2D eigenvalue weighted by Crippen LogP contribution is 2.27. The second kappa shape index (κ2) is 10.6. The number of hydrazine groups is 1. The molecule has 2 aromatic heterocycles. The molecular weight excluding hydrogens is 434 g/mol. The van der Waals surface area contributed by atoms with Gasteiger partial charge >= 0.3 is 0 Å². The Morgan fingerprint density at radius 3 is 2.58 bits per heavy atom. The monoisotopic (exact) mass is 465 g/mol.